The Balaban J connectivity index is 4.29. The zero-order valence-electron chi connectivity index (χ0n) is 40.5. The fourth-order valence-corrected chi connectivity index (χ4v) is 8.07. The predicted molar refractivity (Wildman–Crippen MR) is 260 cm³/mol. The molecule has 360 valence electrons. The van der Waals surface area contributed by atoms with Crippen molar-refractivity contribution in [2.24, 2.45) is 0 Å². The van der Waals surface area contributed by atoms with Crippen LogP contribution in [-0.2, 0) is 18.4 Å². The maximum atomic E-state index is 12.9. The van der Waals surface area contributed by atoms with Crippen molar-refractivity contribution in [2.45, 2.75) is 244 Å². The Morgan fingerprint density at radius 3 is 1.39 bits per heavy atom. The van der Waals surface area contributed by atoms with Crippen LogP contribution in [0.15, 0.2) is 36.5 Å². The van der Waals surface area contributed by atoms with Crippen LogP contribution in [0.3, 0.4) is 0 Å². The van der Waals surface area contributed by atoms with Gasteiger partial charge in [-0.05, 0) is 77.0 Å². The number of hydrogen-bond donors (Lipinski definition) is 4. The van der Waals surface area contributed by atoms with E-state index >= 15 is 0 Å². The quantitative estimate of drug-likeness (QED) is 0.0208. The van der Waals surface area contributed by atoms with Gasteiger partial charge in [-0.2, -0.15) is 0 Å². The number of rotatable bonds is 46. The van der Waals surface area contributed by atoms with Crippen molar-refractivity contribution in [2.75, 3.05) is 40.9 Å². The van der Waals surface area contributed by atoms with Crippen molar-refractivity contribution in [3.63, 3.8) is 0 Å². The third-order valence-corrected chi connectivity index (χ3v) is 12.4. The number of quaternary nitrogens is 1. The fraction of sp³-hybridized carbons (Fsp3) is 0.863. The highest BCUT2D eigenvalue weighted by Crippen LogP contribution is 2.43. The summed E-state index contributed by atoms with van der Waals surface area (Å²) in [5, 5.41) is 24.7. The molecule has 0 aromatic carbocycles. The Bertz CT molecular complexity index is 1110. The van der Waals surface area contributed by atoms with Crippen LogP contribution in [0.2, 0.25) is 0 Å². The molecule has 0 aliphatic carbocycles. The molecule has 0 aliphatic rings. The minimum Gasteiger partial charge on any atom is -0.390 e. The highest BCUT2D eigenvalue weighted by Gasteiger charge is 2.31. The van der Waals surface area contributed by atoms with Crippen LogP contribution < -0.4 is 5.32 Å². The van der Waals surface area contributed by atoms with E-state index in [1.807, 2.05) is 21.1 Å². The Morgan fingerprint density at radius 2 is 0.934 bits per heavy atom. The highest BCUT2D eigenvalue weighted by molar-refractivity contribution is 7.47. The van der Waals surface area contributed by atoms with Gasteiger partial charge in [-0.25, -0.2) is 4.57 Å². The third kappa shape index (κ3) is 43.7. The monoisotopic (exact) mass is 884 g/mol. The summed E-state index contributed by atoms with van der Waals surface area (Å²) in [7, 11) is 1.41. The lowest BCUT2D eigenvalue weighted by molar-refractivity contribution is -0.870. The minimum absolute atomic E-state index is 0.0140. The molecule has 4 N–H and O–H groups in total. The van der Waals surface area contributed by atoms with Gasteiger partial charge in [0.05, 0.1) is 39.9 Å². The van der Waals surface area contributed by atoms with Crippen molar-refractivity contribution in [1.29, 1.82) is 0 Å². The maximum absolute atomic E-state index is 12.9. The van der Waals surface area contributed by atoms with E-state index in [1.165, 1.54) is 148 Å². The molecule has 0 saturated heterocycles. The SMILES string of the molecule is CCCCC/C=C/CC/C=C/CCCC(O)C(O)C(COP(=O)(O)OCC[N+](C)(C)C)NC(=O)CCCCCCCCCCCCCCC/C=C\CCCCCCCCCC. The number of amides is 1. The average Bonchev–Trinajstić information content (AvgIpc) is 3.21. The van der Waals surface area contributed by atoms with Crippen LogP contribution in [0.5, 0.6) is 0 Å². The number of phosphoric ester groups is 1. The number of hydrogen-bond acceptors (Lipinski definition) is 6. The summed E-state index contributed by atoms with van der Waals surface area (Å²) in [6.07, 6.45) is 49.4. The van der Waals surface area contributed by atoms with E-state index in [4.69, 9.17) is 9.05 Å². The smallest absolute Gasteiger partial charge is 0.390 e. The molecule has 4 unspecified atom stereocenters. The largest absolute Gasteiger partial charge is 0.472 e. The number of carbonyl (C=O) groups excluding carboxylic acids is 1. The van der Waals surface area contributed by atoms with Crippen LogP contribution in [-0.4, -0.2) is 84.6 Å². The standard InChI is InChI=1S/C51H99N2O7P/c1-6-8-10-12-14-16-18-20-21-22-23-24-25-26-27-28-29-30-31-32-34-36-38-40-42-44-50(55)52-48(47-60-61(57,58)59-46-45-53(3,4)5)51(56)49(54)43-41-39-37-35-33-19-17-15-13-11-9-7-2/h15,17,22-23,35,37,48-49,51,54,56H,6-14,16,18-21,24-34,36,38-47H2,1-5H3,(H-,52,55,57,58)/p+1/b17-15+,23-22-,37-35+. The van der Waals surface area contributed by atoms with Gasteiger partial charge in [-0.1, -0.05) is 179 Å². The second kappa shape index (κ2) is 42.6. The van der Waals surface area contributed by atoms with Gasteiger partial charge in [-0.3, -0.25) is 13.8 Å². The fourth-order valence-electron chi connectivity index (χ4n) is 7.33. The summed E-state index contributed by atoms with van der Waals surface area (Å²) in [4.78, 5) is 23.2. The minimum atomic E-state index is -4.43. The number of likely N-dealkylation sites (N-methyl/N-ethyl adjacent to an activating group) is 1. The van der Waals surface area contributed by atoms with Crippen molar-refractivity contribution >= 4 is 13.7 Å². The molecular formula is C51H100N2O7P+. The maximum Gasteiger partial charge on any atom is 0.472 e. The predicted octanol–water partition coefficient (Wildman–Crippen LogP) is 13.6. The molecule has 0 aromatic rings. The number of nitrogens with one attached hydrogen (secondary N) is 1. The van der Waals surface area contributed by atoms with Gasteiger partial charge in [-0.15, -0.1) is 0 Å². The Labute approximate surface area is 377 Å². The Hall–Kier alpha value is -1.32. The first kappa shape index (κ1) is 59.7. The van der Waals surface area contributed by atoms with E-state index in [0.29, 0.717) is 23.9 Å². The summed E-state index contributed by atoms with van der Waals surface area (Å²) in [5.74, 6) is -0.272. The summed E-state index contributed by atoms with van der Waals surface area (Å²) in [6, 6.07) is -1.05. The van der Waals surface area contributed by atoms with E-state index in [1.54, 1.807) is 0 Å². The third-order valence-electron chi connectivity index (χ3n) is 11.4. The van der Waals surface area contributed by atoms with Gasteiger partial charge in [0, 0.05) is 6.42 Å². The van der Waals surface area contributed by atoms with E-state index in [-0.39, 0.29) is 18.9 Å². The van der Waals surface area contributed by atoms with Crippen LogP contribution in [0.4, 0.5) is 0 Å². The Kier molecular flexibility index (Phi) is 41.7. The van der Waals surface area contributed by atoms with E-state index in [2.05, 4.69) is 55.6 Å². The first-order valence-corrected chi connectivity index (χ1v) is 26.9. The van der Waals surface area contributed by atoms with Gasteiger partial charge in [0.15, 0.2) is 0 Å². The van der Waals surface area contributed by atoms with Crippen LogP contribution in [0.1, 0.15) is 226 Å². The van der Waals surface area contributed by atoms with Gasteiger partial charge >= 0.3 is 7.82 Å². The molecule has 9 nitrogen and oxygen atoms in total. The Morgan fingerprint density at radius 1 is 0.557 bits per heavy atom. The lowest BCUT2D eigenvalue weighted by atomic mass is 10.0. The second-order valence-corrected chi connectivity index (χ2v) is 20.1. The van der Waals surface area contributed by atoms with E-state index in [0.717, 1.165) is 44.9 Å². The topological polar surface area (TPSA) is 125 Å². The van der Waals surface area contributed by atoms with Gasteiger partial charge in [0.1, 0.15) is 19.3 Å². The number of aliphatic hydroxyl groups excluding tert-OH is 2. The molecule has 0 fully saturated rings. The molecule has 0 saturated carbocycles. The number of unbranched alkanes of at least 4 members (excludes halogenated alkanes) is 26. The zero-order chi connectivity index (χ0) is 45.1. The van der Waals surface area contributed by atoms with Crippen molar-refractivity contribution in [3.05, 3.63) is 36.5 Å². The molecule has 0 aliphatic heterocycles. The van der Waals surface area contributed by atoms with Crippen LogP contribution in [0, 0.1) is 0 Å². The number of aliphatic hydroxyl groups is 2. The van der Waals surface area contributed by atoms with Crippen LogP contribution >= 0.6 is 7.82 Å². The van der Waals surface area contributed by atoms with Crippen molar-refractivity contribution in [3.8, 4) is 0 Å². The number of phosphoric acid groups is 1. The van der Waals surface area contributed by atoms with Crippen molar-refractivity contribution < 1.29 is 38.0 Å². The molecular weight excluding hydrogens is 784 g/mol. The first-order valence-electron chi connectivity index (χ1n) is 25.4. The number of allylic oxidation sites excluding steroid dienone is 6. The molecule has 0 rings (SSSR count). The summed E-state index contributed by atoms with van der Waals surface area (Å²) in [6.45, 7) is 4.55. The molecule has 10 heteroatoms. The van der Waals surface area contributed by atoms with Gasteiger partial charge in [0.2, 0.25) is 5.91 Å². The first-order chi connectivity index (χ1) is 29.4. The number of nitrogens with zero attached hydrogens (tertiary/aromatic N) is 1. The molecule has 0 bridgehead atoms. The van der Waals surface area contributed by atoms with Crippen LogP contribution in [0.25, 0.3) is 0 Å². The van der Waals surface area contributed by atoms with E-state index in [9.17, 15) is 24.5 Å². The van der Waals surface area contributed by atoms with E-state index < -0.39 is 32.7 Å². The molecule has 0 heterocycles. The number of carbonyl (C=O) groups is 1. The molecule has 0 aromatic heterocycles. The molecule has 0 spiro atoms. The lowest BCUT2D eigenvalue weighted by Gasteiger charge is -2.28. The second-order valence-electron chi connectivity index (χ2n) is 18.7. The lowest BCUT2D eigenvalue weighted by Crippen LogP contribution is -2.51. The summed E-state index contributed by atoms with van der Waals surface area (Å²) in [5.41, 5.74) is 0. The summed E-state index contributed by atoms with van der Waals surface area (Å²) < 4.78 is 23.5. The highest BCUT2D eigenvalue weighted by atomic mass is 31.2. The average molecular weight is 884 g/mol. The molecule has 61 heavy (non-hydrogen) atoms. The zero-order valence-corrected chi connectivity index (χ0v) is 41.4. The van der Waals surface area contributed by atoms with Crippen molar-refractivity contribution in [1.82, 2.24) is 5.32 Å². The van der Waals surface area contributed by atoms with Gasteiger partial charge in [0.25, 0.3) is 0 Å². The molecule has 4 atom stereocenters. The molecule has 0 radical (unpaired) electrons. The summed E-state index contributed by atoms with van der Waals surface area (Å²) >= 11 is 0. The van der Waals surface area contributed by atoms with Gasteiger partial charge < -0.3 is 24.9 Å². The molecule has 1 amide bonds. The normalized spacial score (nSPS) is 15.0.